The van der Waals surface area contributed by atoms with Gasteiger partial charge in [-0.25, -0.2) is 9.48 Å². The number of amides is 3. The molecule has 1 aromatic heterocycles. The maximum Gasteiger partial charge on any atom is 0.325 e. The molecule has 1 heterocycles. The molecule has 0 aliphatic carbocycles. The molecule has 132 valence electrons. The second kappa shape index (κ2) is 8.75. The Morgan fingerprint density at radius 2 is 1.73 bits per heavy atom. The Labute approximate surface area is 163 Å². The van der Waals surface area contributed by atoms with Crippen molar-refractivity contribution in [1.82, 2.24) is 15.1 Å². The summed E-state index contributed by atoms with van der Waals surface area (Å²) in [5.74, 6) is -0.338. The summed E-state index contributed by atoms with van der Waals surface area (Å²) in [6.45, 7) is 0. The SMILES string of the molecule is O=C(CSc1nn(-c2ccccc2)c(=S)s1)NC(=O)Nc1ccccc1. The largest absolute Gasteiger partial charge is 0.325 e. The van der Waals surface area contributed by atoms with Gasteiger partial charge in [-0.1, -0.05) is 59.5 Å². The van der Waals surface area contributed by atoms with Crippen LogP contribution in [0.2, 0.25) is 0 Å². The molecule has 2 N–H and O–H groups in total. The Morgan fingerprint density at radius 3 is 2.42 bits per heavy atom. The van der Waals surface area contributed by atoms with Crippen molar-refractivity contribution in [1.29, 1.82) is 0 Å². The van der Waals surface area contributed by atoms with Gasteiger partial charge in [0, 0.05) is 5.69 Å². The normalized spacial score (nSPS) is 10.3. The maximum absolute atomic E-state index is 11.9. The van der Waals surface area contributed by atoms with Crippen LogP contribution in [-0.2, 0) is 4.79 Å². The fourth-order valence-corrected chi connectivity index (χ4v) is 4.19. The molecule has 26 heavy (non-hydrogen) atoms. The van der Waals surface area contributed by atoms with Crippen LogP contribution in [0.15, 0.2) is 65.0 Å². The van der Waals surface area contributed by atoms with Gasteiger partial charge in [0.1, 0.15) is 0 Å². The summed E-state index contributed by atoms with van der Waals surface area (Å²) in [6.07, 6.45) is 0. The van der Waals surface area contributed by atoms with E-state index in [1.807, 2.05) is 36.4 Å². The van der Waals surface area contributed by atoms with Gasteiger partial charge in [-0.05, 0) is 36.5 Å². The molecular weight excluding hydrogens is 388 g/mol. The topological polar surface area (TPSA) is 76.0 Å². The van der Waals surface area contributed by atoms with Crippen LogP contribution in [0.25, 0.3) is 5.69 Å². The monoisotopic (exact) mass is 402 g/mol. The summed E-state index contributed by atoms with van der Waals surface area (Å²) < 4.78 is 2.92. The lowest BCUT2D eigenvalue weighted by Gasteiger charge is -2.05. The van der Waals surface area contributed by atoms with E-state index in [0.29, 0.717) is 14.0 Å². The van der Waals surface area contributed by atoms with E-state index in [2.05, 4.69) is 15.7 Å². The van der Waals surface area contributed by atoms with Gasteiger partial charge < -0.3 is 5.32 Å². The van der Waals surface area contributed by atoms with E-state index >= 15 is 0 Å². The van der Waals surface area contributed by atoms with E-state index in [1.54, 1.807) is 28.9 Å². The number of rotatable bonds is 5. The predicted octanol–water partition coefficient (Wildman–Crippen LogP) is 4.10. The molecule has 3 aromatic rings. The third-order valence-corrected chi connectivity index (χ3v) is 5.51. The van der Waals surface area contributed by atoms with Crippen LogP contribution >= 0.6 is 35.3 Å². The van der Waals surface area contributed by atoms with E-state index in [9.17, 15) is 9.59 Å². The number of hydrogen-bond acceptors (Lipinski definition) is 6. The fraction of sp³-hybridized carbons (Fsp3) is 0.0588. The summed E-state index contributed by atoms with van der Waals surface area (Å²) in [6, 6.07) is 17.9. The highest BCUT2D eigenvalue weighted by Crippen LogP contribution is 2.23. The van der Waals surface area contributed by atoms with Crippen molar-refractivity contribution >= 4 is 52.9 Å². The lowest BCUT2D eigenvalue weighted by molar-refractivity contribution is -0.117. The number of thioether (sulfide) groups is 1. The van der Waals surface area contributed by atoms with Gasteiger partial charge in [-0.3, -0.25) is 10.1 Å². The van der Waals surface area contributed by atoms with Crippen LogP contribution in [0.5, 0.6) is 0 Å². The summed E-state index contributed by atoms with van der Waals surface area (Å²) in [7, 11) is 0. The first kappa shape index (κ1) is 18.3. The molecule has 0 saturated carbocycles. The van der Waals surface area contributed by atoms with Crippen LogP contribution in [0.1, 0.15) is 0 Å². The summed E-state index contributed by atoms with van der Waals surface area (Å²) in [5.41, 5.74) is 1.48. The van der Waals surface area contributed by atoms with Gasteiger partial charge in [0.15, 0.2) is 8.29 Å². The second-order valence-electron chi connectivity index (χ2n) is 5.04. The Bertz CT molecular complexity index is 955. The minimum atomic E-state index is -0.566. The van der Waals surface area contributed by atoms with Crippen LogP contribution < -0.4 is 10.6 Å². The van der Waals surface area contributed by atoms with Crippen LogP contribution in [0, 0.1) is 3.95 Å². The molecule has 3 rings (SSSR count). The quantitative estimate of drug-likeness (QED) is 0.496. The molecule has 0 spiro atoms. The Balaban J connectivity index is 1.53. The van der Waals surface area contributed by atoms with Gasteiger partial charge >= 0.3 is 6.03 Å². The zero-order valence-electron chi connectivity index (χ0n) is 13.4. The molecule has 0 aliphatic heterocycles. The molecule has 0 fully saturated rings. The molecule has 0 atom stereocenters. The minimum absolute atomic E-state index is 0.0687. The molecule has 0 bridgehead atoms. The van der Waals surface area contributed by atoms with Crippen molar-refractivity contribution in [2.75, 3.05) is 11.1 Å². The van der Waals surface area contributed by atoms with Crippen molar-refractivity contribution in [3.05, 3.63) is 64.6 Å². The zero-order chi connectivity index (χ0) is 18.4. The maximum atomic E-state index is 11.9. The number of carbonyl (C=O) groups is 2. The second-order valence-corrected chi connectivity index (χ2v) is 7.88. The van der Waals surface area contributed by atoms with Gasteiger partial charge in [0.25, 0.3) is 0 Å². The molecule has 0 aliphatic rings. The van der Waals surface area contributed by atoms with Gasteiger partial charge in [0.2, 0.25) is 5.91 Å². The van der Waals surface area contributed by atoms with Crippen molar-refractivity contribution in [3.8, 4) is 5.69 Å². The first-order valence-electron chi connectivity index (χ1n) is 7.56. The highest BCUT2D eigenvalue weighted by Gasteiger charge is 2.11. The number of aromatic nitrogens is 2. The van der Waals surface area contributed by atoms with Crippen molar-refractivity contribution in [2.45, 2.75) is 4.34 Å². The van der Waals surface area contributed by atoms with Gasteiger partial charge in [-0.15, -0.1) is 5.10 Å². The van der Waals surface area contributed by atoms with E-state index in [0.717, 1.165) is 5.69 Å². The number of para-hydroxylation sites is 2. The first-order chi connectivity index (χ1) is 12.6. The minimum Gasteiger partial charge on any atom is -0.308 e. The highest BCUT2D eigenvalue weighted by molar-refractivity contribution is 8.01. The lowest BCUT2D eigenvalue weighted by atomic mass is 10.3. The average Bonchev–Trinajstić information content (AvgIpc) is 3.02. The van der Waals surface area contributed by atoms with Crippen molar-refractivity contribution < 1.29 is 9.59 Å². The number of nitrogens with zero attached hydrogens (tertiary/aromatic N) is 2. The van der Waals surface area contributed by atoms with E-state index in [4.69, 9.17) is 12.2 Å². The molecule has 0 radical (unpaired) electrons. The summed E-state index contributed by atoms with van der Waals surface area (Å²) in [4.78, 5) is 23.7. The van der Waals surface area contributed by atoms with Crippen LogP contribution in [-0.4, -0.2) is 27.5 Å². The number of anilines is 1. The third kappa shape index (κ3) is 5.01. The van der Waals surface area contributed by atoms with E-state index in [1.165, 1.54) is 23.1 Å². The third-order valence-electron chi connectivity index (χ3n) is 3.14. The lowest BCUT2D eigenvalue weighted by Crippen LogP contribution is -2.35. The van der Waals surface area contributed by atoms with Gasteiger partial charge in [-0.2, -0.15) is 0 Å². The number of imide groups is 1. The average molecular weight is 403 g/mol. The van der Waals surface area contributed by atoms with Crippen LogP contribution in [0.3, 0.4) is 0 Å². The molecule has 3 amide bonds. The van der Waals surface area contributed by atoms with Gasteiger partial charge in [0.05, 0.1) is 11.4 Å². The molecule has 0 saturated heterocycles. The smallest absolute Gasteiger partial charge is 0.308 e. The fourth-order valence-electron chi connectivity index (χ4n) is 2.03. The Morgan fingerprint density at radius 1 is 1.08 bits per heavy atom. The van der Waals surface area contributed by atoms with Crippen molar-refractivity contribution in [3.63, 3.8) is 0 Å². The molecule has 2 aromatic carbocycles. The number of urea groups is 1. The molecule has 9 heteroatoms. The number of hydrogen-bond donors (Lipinski definition) is 2. The summed E-state index contributed by atoms with van der Waals surface area (Å²) >= 11 is 7.87. The standard InChI is InChI=1S/C17H14N4O2S3/c22-14(19-15(23)18-12-7-3-1-4-8-12)11-25-16-20-21(17(24)26-16)13-9-5-2-6-10-13/h1-10H,11H2,(H2,18,19,22,23). The zero-order valence-corrected chi connectivity index (χ0v) is 15.9. The number of carbonyl (C=O) groups excluding carboxylic acids is 2. The Hall–Kier alpha value is -2.49. The first-order valence-corrected chi connectivity index (χ1v) is 9.77. The molecular formula is C17H14N4O2S3. The summed E-state index contributed by atoms with van der Waals surface area (Å²) in [5, 5.41) is 9.29. The van der Waals surface area contributed by atoms with E-state index in [-0.39, 0.29) is 5.75 Å². The molecule has 0 unspecified atom stereocenters. The van der Waals surface area contributed by atoms with Crippen molar-refractivity contribution in [2.24, 2.45) is 0 Å². The Kier molecular flexibility index (Phi) is 6.16. The van der Waals surface area contributed by atoms with Crippen LogP contribution in [0.4, 0.5) is 10.5 Å². The highest BCUT2D eigenvalue weighted by atomic mass is 32.2. The number of benzene rings is 2. The molecule has 6 nitrogen and oxygen atoms in total. The predicted molar refractivity (Wildman–Crippen MR) is 107 cm³/mol. The number of nitrogens with one attached hydrogen (secondary N) is 2. The van der Waals surface area contributed by atoms with E-state index < -0.39 is 11.9 Å².